The molecule has 1 aromatic rings. The molecule has 2 aliphatic rings. The van der Waals surface area contributed by atoms with Crippen molar-refractivity contribution < 1.29 is 19.5 Å². The number of aliphatic hydroxyl groups excluding tert-OH is 1. The zero-order valence-electron chi connectivity index (χ0n) is 19.0. The lowest BCUT2D eigenvalue weighted by Gasteiger charge is -2.11. The standard InChI is InChI=1S/C12H16N2O2.C8H10.C6H8O2/c13-10(11-8-12(15)16-14-11)7-9-5-3-1-2-4-6-9;1-7-3-5-8(2)6-4-7;7-5-3-1-2-4-6-8/h1-2,5,10H,3-4,6-8,13H2;3-6H,1-2H3;5,8H,3-4,6H2/t10-;;/m1../s1. The number of nitrogens with two attached hydrogens (primary N) is 1. The lowest BCUT2D eigenvalue weighted by Crippen LogP contribution is -2.30. The number of aliphatic hydroxyl groups is 1. The van der Waals surface area contributed by atoms with Crippen molar-refractivity contribution in [3.8, 4) is 11.8 Å². The maximum absolute atomic E-state index is 10.9. The molecule has 1 aliphatic heterocycles. The van der Waals surface area contributed by atoms with Crippen LogP contribution in [0.25, 0.3) is 0 Å². The summed E-state index contributed by atoms with van der Waals surface area (Å²) in [6.07, 6.45) is 12.2. The molecule has 0 spiro atoms. The van der Waals surface area contributed by atoms with Gasteiger partial charge in [0.15, 0.2) is 0 Å². The van der Waals surface area contributed by atoms with Crippen molar-refractivity contribution in [3.05, 3.63) is 59.2 Å². The molecule has 0 saturated heterocycles. The SMILES string of the molecule is Cc1ccc(C)cc1.N[C@H](CC1=CCC=CCC1)C1=NOC(=O)C1.O=CCC#CCCO. The first-order valence-corrected chi connectivity index (χ1v) is 10.8. The number of carbonyl (C=O) groups excluding carboxylic acids is 2. The van der Waals surface area contributed by atoms with E-state index in [-0.39, 0.29) is 31.5 Å². The quantitative estimate of drug-likeness (QED) is 0.314. The van der Waals surface area contributed by atoms with E-state index in [1.54, 1.807) is 0 Å². The van der Waals surface area contributed by atoms with Gasteiger partial charge in [0.1, 0.15) is 6.29 Å². The third-order valence-corrected chi connectivity index (χ3v) is 4.61. The highest BCUT2D eigenvalue weighted by atomic mass is 16.7. The van der Waals surface area contributed by atoms with E-state index >= 15 is 0 Å². The molecule has 32 heavy (non-hydrogen) atoms. The van der Waals surface area contributed by atoms with Crippen LogP contribution in [-0.4, -0.2) is 35.7 Å². The highest BCUT2D eigenvalue weighted by Crippen LogP contribution is 2.19. The fraction of sp³-hybridized carbons (Fsp3) is 0.423. The van der Waals surface area contributed by atoms with Gasteiger partial charge in [-0.05, 0) is 39.5 Å². The minimum atomic E-state index is -0.304. The van der Waals surface area contributed by atoms with Crippen LogP contribution in [0.5, 0.6) is 0 Å². The minimum Gasteiger partial charge on any atom is -0.395 e. The van der Waals surface area contributed by atoms with Crippen LogP contribution >= 0.6 is 0 Å². The van der Waals surface area contributed by atoms with Gasteiger partial charge in [0, 0.05) is 6.42 Å². The first-order chi connectivity index (χ1) is 15.5. The Bertz CT molecular complexity index is 837. The average Bonchev–Trinajstić information content (AvgIpc) is 3.06. The smallest absolute Gasteiger partial charge is 0.340 e. The Balaban J connectivity index is 0.000000270. The Morgan fingerprint density at radius 1 is 1.19 bits per heavy atom. The molecule has 3 rings (SSSR count). The van der Waals surface area contributed by atoms with Gasteiger partial charge in [-0.25, -0.2) is 4.79 Å². The zero-order chi connectivity index (χ0) is 23.6. The van der Waals surface area contributed by atoms with E-state index in [4.69, 9.17) is 10.8 Å². The zero-order valence-corrected chi connectivity index (χ0v) is 19.0. The predicted molar refractivity (Wildman–Crippen MR) is 128 cm³/mol. The van der Waals surface area contributed by atoms with Crippen molar-refractivity contribution in [1.82, 2.24) is 0 Å². The normalized spacial score (nSPS) is 15.2. The maximum Gasteiger partial charge on any atom is 0.340 e. The Kier molecular flexibility index (Phi) is 14.1. The largest absolute Gasteiger partial charge is 0.395 e. The number of allylic oxidation sites excluding steroid dienone is 3. The Hall–Kier alpha value is -3.01. The summed E-state index contributed by atoms with van der Waals surface area (Å²) in [6.45, 7) is 4.27. The molecular weight excluding hydrogens is 404 g/mol. The summed E-state index contributed by atoms with van der Waals surface area (Å²) >= 11 is 0. The van der Waals surface area contributed by atoms with Crippen LogP contribution in [0.1, 0.15) is 56.1 Å². The van der Waals surface area contributed by atoms with Crippen LogP contribution in [0.4, 0.5) is 0 Å². The van der Waals surface area contributed by atoms with Crippen LogP contribution in [0.15, 0.2) is 53.2 Å². The lowest BCUT2D eigenvalue weighted by atomic mass is 9.98. The molecule has 6 nitrogen and oxygen atoms in total. The maximum atomic E-state index is 10.9. The second kappa shape index (κ2) is 16.7. The van der Waals surface area contributed by atoms with Gasteiger partial charge in [0.05, 0.1) is 31.2 Å². The fourth-order valence-electron chi connectivity index (χ4n) is 2.82. The van der Waals surface area contributed by atoms with Gasteiger partial charge >= 0.3 is 5.97 Å². The summed E-state index contributed by atoms with van der Waals surface area (Å²) in [7, 11) is 0. The van der Waals surface area contributed by atoms with Gasteiger partial charge < -0.3 is 20.5 Å². The number of aldehydes is 1. The third kappa shape index (κ3) is 12.6. The van der Waals surface area contributed by atoms with Gasteiger partial charge in [0.2, 0.25) is 0 Å². The van der Waals surface area contributed by atoms with Crippen LogP contribution in [-0.2, 0) is 14.4 Å². The van der Waals surface area contributed by atoms with Crippen molar-refractivity contribution >= 4 is 18.0 Å². The monoisotopic (exact) mass is 438 g/mol. The van der Waals surface area contributed by atoms with Crippen molar-refractivity contribution in [3.63, 3.8) is 0 Å². The summed E-state index contributed by atoms with van der Waals surface area (Å²) in [4.78, 5) is 25.0. The number of oxime groups is 1. The molecule has 0 amide bonds. The molecule has 172 valence electrons. The van der Waals surface area contributed by atoms with Crippen molar-refractivity contribution in [2.24, 2.45) is 10.9 Å². The molecule has 0 unspecified atom stereocenters. The second-order valence-electron chi connectivity index (χ2n) is 7.49. The number of nitrogens with zero attached hydrogens (tertiary/aromatic N) is 1. The summed E-state index contributed by atoms with van der Waals surface area (Å²) in [5, 5.41) is 11.9. The van der Waals surface area contributed by atoms with Crippen LogP contribution in [0.3, 0.4) is 0 Å². The van der Waals surface area contributed by atoms with Gasteiger partial charge in [-0.3, -0.25) is 0 Å². The number of rotatable bonds is 5. The molecule has 0 saturated carbocycles. The first-order valence-electron chi connectivity index (χ1n) is 10.8. The Morgan fingerprint density at radius 2 is 1.88 bits per heavy atom. The minimum absolute atomic E-state index is 0.0753. The van der Waals surface area contributed by atoms with Gasteiger partial charge in [0.25, 0.3) is 0 Å². The first kappa shape index (κ1) is 27.0. The van der Waals surface area contributed by atoms with E-state index in [2.05, 4.69) is 78.2 Å². The summed E-state index contributed by atoms with van der Waals surface area (Å²) in [5.41, 5.74) is 10.7. The average molecular weight is 439 g/mol. The topological polar surface area (TPSA) is 102 Å². The number of carbonyl (C=O) groups is 2. The van der Waals surface area contributed by atoms with Crippen LogP contribution < -0.4 is 5.73 Å². The van der Waals surface area contributed by atoms with Gasteiger partial charge in [-0.1, -0.05) is 70.3 Å². The van der Waals surface area contributed by atoms with E-state index in [0.29, 0.717) is 12.1 Å². The molecule has 0 fully saturated rings. The van der Waals surface area contributed by atoms with E-state index in [1.807, 2.05) is 0 Å². The summed E-state index contributed by atoms with van der Waals surface area (Å²) in [5.74, 6) is 4.86. The second-order valence-corrected chi connectivity index (χ2v) is 7.49. The highest BCUT2D eigenvalue weighted by molar-refractivity contribution is 6.04. The van der Waals surface area contributed by atoms with Crippen molar-refractivity contribution in [1.29, 1.82) is 0 Å². The predicted octanol–water partition coefficient (Wildman–Crippen LogP) is 3.94. The van der Waals surface area contributed by atoms with Crippen LogP contribution in [0, 0.1) is 25.7 Å². The molecule has 1 heterocycles. The third-order valence-electron chi connectivity index (χ3n) is 4.61. The van der Waals surface area contributed by atoms with E-state index in [9.17, 15) is 9.59 Å². The fourth-order valence-corrected chi connectivity index (χ4v) is 2.82. The van der Waals surface area contributed by atoms with Crippen LogP contribution in [0.2, 0.25) is 0 Å². The number of benzene rings is 1. The molecule has 0 radical (unpaired) electrons. The van der Waals surface area contributed by atoms with E-state index < -0.39 is 0 Å². The van der Waals surface area contributed by atoms with Crippen molar-refractivity contribution in [2.45, 2.75) is 64.8 Å². The van der Waals surface area contributed by atoms with Gasteiger partial charge in [-0.15, -0.1) is 5.92 Å². The summed E-state index contributed by atoms with van der Waals surface area (Å²) < 4.78 is 0. The van der Waals surface area contributed by atoms with Gasteiger partial charge in [-0.2, -0.15) is 0 Å². The lowest BCUT2D eigenvalue weighted by molar-refractivity contribution is -0.140. The molecule has 0 bridgehead atoms. The van der Waals surface area contributed by atoms with E-state index in [0.717, 1.165) is 32.0 Å². The molecule has 6 heteroatoms. The van der Waals surface area contributed by atoms with Crippen molar-refractivity contribution in [2.75, 3.05) is 6.61 Å². The van der Waals surface area contributed by atoms with E-state index in [1.165, 1.54) is 16.7 Å². The molecule has 3 N–H and O–H groups in total. The summed E-state index contributed by atoms with van der Waals surface area (Å²) in [6, 6.07) is 8.30. The molecular formula is C26H34N2O4. The molecule has 1 aromatic carbocycles. The number of hydrogen-bond acceptors (Lipinski definition) is 6. The molecule has 1 aliphatic carbocycles. The Labute approximate surface area is 191 Å². The molecule has 0 aromatic heterocycles. The Morgan fingerprint density at radius 3 is 2.44 bits per heavy atom. The number of hydrogen-bond donors (Lipinski definition) is 2. The number of aryl methyl sites for hydroxylation is 2. The molecule has 1 atom stereocenters. The highest BCUT2D eigenvalue weighted by Gasteiger charge is 2.23.